The molecule has 0 spiro atoms. The van der Waals surface area contributed by atoms with Gasteiger partial charge in [-0.15, -0.1) is 0 Å². The van der Waals surface area contributed by atoms with Crippen molar-refractivity contribution in [2.24, 2.45) is 5.73 Å². The van der Waals surface area contributed by atoms with Crippen molar-refractivity contribution in [1.82, 2.24) is 10.2 Å². The summed E-state index contributed by atoms with van der Waals surface area (Å²) >= 11 is 0. The zero-order valence-corrected chi connectivity index (χ0v) is 28.7. The molecule has 49 heavy (non-hydrogen) atoms. The van der Waals surface area contributed by atoms with Crippen molar-refractivity contribution in [3.8, 4) is 0 Å². The SMILES string of the molecule is C[C@@H](N[C@H]1CCN(c2ccc(CC(=O)OC3CN(C(=O)CCOCCOCCOCCOCCN)C3)cc2)C1)c1cccc2ccccc12. The molecule has 0 radical (unpaired) electrons. The lowest BCUT2D eigenvalue weighted by Gasteiger charge is -2.38. The average molecular weight is 677 g/mol. The zero-order chi connectivity index (χ0) is 34.3. The highest BCUT2D eigenvalue weighted by Gasteiger charge is 2.33. The molecular formula is C38H52N4O7. The van der Waals surface area contributed by atoms with Crippen molar-refractivity contribution in [2.75, 3.05) is 90.5 Å². The number of nitrogens with two attached hydrogens (primary N) is 1. The van der Waals surface area contributed by atoms with Gasteiger partial charge < -0.3 is 44.5 Å². The molecule has 0 bridgehead atoms. The van der Waals surface area contributed by atoms with Crippen LogP contribution in [0, 0.1) is 0 Å². The van der Waals surface area contributed by atoms with E-state index in [1.807, 2.05) is 12.1 Å². The predicted molar refractivity (Wildman–Crippen MR) is 190 cm³/mol. The van der Waals surface area contributed by atoms with Gasteiger partial charge in [0.1, 0.15) is 6.10 Å². The fourth-order valence-corrected chi connectivity index (χ4v) is 6.30. The second kappa shape index (κ2) is 19.6. The van der Waals surface area contributed by atoms with Gasteiger partial charge >= 0.3 is 5.97 Å². The summed E-state index contributed by atoms with van der Waals surface area (Å²) in [6, 6.07) is 23.9. The highest BCUT2D eigenvalue weighted by molar-refractivity contribution is 5.86. The molecule has 0 unspecified atom stereocenters. The van der Waals surface area contributed by atoms with E-state index >= 15 is 0 Å². The third kappa shape index (κ3) is 11.5. The van der Waals surface area contributed by atoms with Gasteiger partial charge in [0, 0.05) is 37.4 Å². The lowest BCUT2D eigenvalue weighted by Crippen LogP contribution is -2.55. The van der Waals surface area contributed by atoms with Crippen molar-refractivity contribution < 1.29 is 33.3 Å². The minimum Gasteiger partial charge on any atom is -0.458 e. The Bertz CT molecular complexity index is 1440. The molecule has 2 saturated heterocycles. The van der Waals surface area contributed by atoms with Crippen LogP contribution in [0.3, 0.4) is 0 Å². The number of hydrogen-bond donors (Lipinski definition) is 2. The summed E-state index contributed by atoms with van der Waals surface area (Å²) in [5.41, 5.74) is 8.76. The fraction of sp³-hybridized carbons (Fsp3) is 0.526. The maximum atomic E-state index is 12.6. The normalized spacial score (nSPS) is 17.0. The first-order valence-electron chi connectivity index (χ1n) is 17.6. The second-order valence-electron chi connectivity index (χ2n) is 12.6. The van der Waals surface area contributed by atoms with Gasteiger partial charge in [0.2, 0.25) is 5.91 Å². The molecule has 3 aromatic rings. The molecule has 1 amide bonds. The van der Waals surface area contributed by atoms with Gasteiger partial charge in [-0.3, -0.25) is 9.59 Å². The summed E-state index contributed by atoms with van der Waals surface area (Å²) in [5, 5.41) is 6.42. The van der Waals surface area contributed by atoms with E-state index in [-0.39, 0.29) is 36.9 Å². The summed E-state index contributed by atoms with van der Waals surface area (Å²) in [4.78, 5) is 29.1. The molecule has 2 aliphatic rings. The number of carbonyl (C=O) groups excluding carboxylic acids is 2. The van der Waals surface area contributed by atoms with E-state index in [2.05, 4.69) is 71.7 Å². The molecule has 2 fully saturated rings. The minimum absolute atomic E-state index is 0.00331. The van der Waals surface area contributed by atoms with Crippen LogP contribution in [0.2, 0.25) is 0 Å². The molecule has 266 valence electrons. The third-order valence-electron chi connectivity index (χ3n) is 8.95. The summed E-state index contributed by atoms with van der Waals surface area (Å²) in [5.74, 6) is -0.275. The molecule has 2 atom stereocenters. The lowest BCUT2D eigenvalue weighted by atomic mass is 9.99. The van der Waals surface area contributed by atoms with Crippen LogP contribution in [0.4, 0.5) is 5.69 Å². The number of likely N-dealkylation sites (tertiary alicyclic amines) is 1. The van der Waals surface area contributed by atoms with Gasteiger partial charge in [0.25, 0.3) is 0 Å². The van der Waals surface area contributed by atoms with Gasteiger partial charge in [0.15, 0.2) is 0 Å². The first-order chi connectivity index (χ1) is 24.0. The van der Waals surface area contributed by atoms with E-state index in [1.54, 1.807) is 4.90 Å². The number of esters is 1. The van der Waals surface area contributed by atoms with E-state index < -0.39 is 0 Å². The van der Waals surface area contributed by atoms with E-state index in [1.165, 1.54) is 16.3 Å². The Morgan fingerprint density at radius 1 is 0.816 bits per heavy atom. The van der Waals surface area contributed by atoms with E-state index in [4.69, 9.17) is 29.4 Å². The van der Waals surface area contributed by atoms with Crippen molar-refractivity contribution in [3.63, 3.8) is 0 Å². The number of benzene rings is 3. The maximum absolute atomic E-state index is 12.6. The van der Waals surface area contributed by atoms with E-state index in [0.29, 0.717) is 78.5 Å². The Hall–Kier alpha value is -3.58. The van der Waals surface area contributed by atoms with Gasteiger partial charge in [-0.25, -0.2) is 0 Å². The maximum Gasteiger partial charge on any atom is 0.310 e. The highest BCUT2D eigenvalue weighted by atomic mass is 16.6. The molecule has 2 heterocycles. The van der Waals surface area contributed by atoms with Gasteiger partial charge in [-0.05, 0) is 47.4 Å². The van der Waals surface area contributed by atoms with Crippen molar-refractivity contribution in [2.45, 2.75) is 44.4 Å². The number of amides is 1. The topological polar surface area (TPSA) is 125 Å². The molecule has 3 aromatic carbocycles. The largest absolute Gasteiger partial charge is 0.458 e. The predicted octanol–water partition coefficient (Wildman–Crippen LogP) is 3.48. The minimum atomic E-state index is -0.272. The molecular weight excluding hydrogens is 624 g/mol. The zero-order valence-electron chi connectivity index (χ0n) is 28.7. The molecule has 2 aliphatic heterocycles. The average Bonchev–Trinajstić information content (AvgIpc) is 3.56. The Balaban J connectivity index is 0.907. The van der Waals surface area contributed by atoms with Crippen LogP contribution < -0.4 is 16.0 Å². The number of fused-ring (bicyclic) bond motifs is 1. The monoisotopic (exact) mass is 676 g/mol. The van der Waals surface area contributed by atoms with Crippen LogP contribution in [-0.4, -0.2) is 115 Å². The smallest absolute Gasteiger partial charge is 0.310 e. The second-order valence-corrected chi connectivity index (χ2v) is 12.6. The van der Waals surface area contributed by atoms with Gasteiger partial charge in [-0.2, -0.15) is 0 Å². The molecule has 0 aliphatic carbocycles. The first kappa shape index (κ1) is 36.7. The first-order valence-corrected chi connectivity index (χ1v) is 17.6. The third-order valence-corrected chi connectivity index (χ3v) is 8.95. The lowest BCUT2D eigenvalue weighted by molar-refractivity contribution is -0.163. The highest BCUT2D eigenvalue weighted by Crippen LogP contribution is 2.27. The Kier molecular flexibility index (Phi) is 14.7. The van der Waals surface area contributed by atoms with Crippen LogP contribution in [0.15, 0.2) is 66.7 Å². The van der Waals surface area contributed by atoms with E-state index in [0.717, 1.165) is 30.8 Å². The number of nitrogens with one attached hydrogen (secondary N) is 1. The Morgan fingerprint density at radius 2 is 1.47 bits per heavy atom. The number of nitrogens with zero attached hydrogens (tertiary/aromatic N) is 2. The van der Waals surface area contributed by atoms with Crippen LogP contribution in [-0.2, 0) is 39.7 Å². The number of rotatable bonds is 21. The van der Waals surface area contributed by atoms with Gasteiger partial charge in [0.05, 0.1) is 78.8 Å². The summed E-state index contributed by atoms with van der Waals surface area (Å²) in [6.45, 7) is 9.24. The number of ether oxygens (including phenoxy) is 5. The standard InChI is InChI=1S/C38H52N4O7/c1-29(35-8-4-6-31-5-2-3-7-36(31)35)40-32-13-16-41(26-32)33-11-9-30(10-12-33)25-38(44)49-34-27-42(28-34)37(43)14-17-45-19-21-47-23-24-48-22-20-46-18-15-39/h2-12,29,32,34,40H,13-28,39H2,1H3/t29-,32+/m1/s1. The molecule has 5 rings (SSSR count). The fourth-order valence-electron chi connectivity index (χ4n) is 6.30. The Morgan fingerprint density at radius 3 is 2.18 bits per heavy atom. The number of anilines is 1. The molecule has 11 nitrogen and oxygen atoms in total. The summed E-state index contributed by atoms with van der Waals surface area (Å²) < 4.78 is 27.2. The van der Waals surface area contributed by atoms with Crippen LogP contribution >= 0.6 is 0 Å². The number of carbonyl (C=O) groups is 2. The molecule has 11 heteroatoms. The summed E-state index contributed by atoms with van der Waals surface area (Å²) in [6.07, 6.45) is 1.32. The van der Waals surface area contributed by atoms with Crippen molar-refractivity contribution in [3.05, 3.63) is 77.9 Å². The van der Waals surface area contributed by atoms with Crippen molar-refractivity contribution >= 4 is 28.3 Å². The van der Waals surface area contributed by atoms with Crippen molar-refractivity contribution in [1.29, 1.82) is 0 Å². The van der Waals surface area contributed by atoms with Crippen LogP contribution in [0.5, 0.6) is 0 Å². The molecule has 0 aromatic heterocycles. The molecule has 0 saturated carbocycles. The van der Waals surface area contributed by atoms with Crippen LogP contribution in [0.1, 0.15) is 36.9 Å². The van der Waals surface area contributed by atoms with E-state index in [9.17, 15) is 9.59 Å². The van der Waals surface area contributed by atoms with Gasteiger partial charge in [-0.1, -0.05) is 54.6 Å². The van der Waals surface area contributed by atoms with Crippen LogP contribution in [0.25, 0.3) is 10.8 Å². The molecule has 3 N–H and O–H groups in total. The quantitative estimate of drug-likeness (QED) is 0.128. The Labute approximate surface area is 289 Å². The number of hydrogen-bond acceptors (Lipinski definition) is 10. The summed E-state index contributed by atoms with van der Waals surface area (Å²) in [7, 11) is 0.